The summed E-state index contributed by atoms with van der Waals surface area (Å²) in [7, 11) is -1.97. The number of aryl methyl sites for hydroxylation is 1. The first-order valence-electron chi connectivity index (χ1n) is 9.78. The zero-order valence-electron chi connectivity index (χ0n) is 17.6. The molecule has 0 unspecified atom stereocenters. The van der Waals surface area contributed by atoms with Gasteiger partial charge in [0.2, 0.25) is 5.91 Å². The number of hydrogen-bond donors (Lipinski definition) is 2. The second-order valence-electron chi connectivity index (χ2n) is 7.22. The van der Waals surface area contributed by atoms with Crippen LogP contribution in [0.2, 0.25) is 0 Å². The van der Waals surface area contributed by atoms with E-state index >= 15 is 0 Å². The van der Waals surface area contributed by atoms with Crippen molar-refractivity contribution in [3.8, 4) is 0 Å². The van der Waals surface area contributed by atoms with E-state index in [1.165, 1.54) is 36.0 Å². The molecule has 2 aromatic rings. The maximum Gasteiger partial charge on any atom is 0.283 e. The lowest BCUT2D eigenvalue weighted by Gasteiger charge is -2.11. The fraction of sp³-hybridized carbons (Fsp3) is 0.400. The maximum atomic E-state index is 12.5. The van der Waals surface area contributed by atoms with Crippen molar-refractivity contribution < 1.29 is 13.2 Å². The number of anilines is 1. The molecular formula is C20H25N5O4S2. The van der Waals surface area contributed by atoms with Crippen molar-refractivity contribution >= 4 is 39.2 Å². The summed E-state index contributed by atoms with van der Waals surface area (Å²) < 4.78 is 28.9. The normalized spacial score (nSPS) is 15.5. The van der Waals surface area contributed by atoms with Gasteiger partial charge in [-0.25, -0.2) is 4.98 Å². The lowest BCUT2D eigenvalue weighted by atomic mass is 10.1. The van der Waals surface area contributed by atoms with Gasteiger partial charge in [0, 0.05) is 43.4 Å². The van der Waals surface area contributed by atoms with Crippen molar-refractivity contribution in [3.05, 3.63) is 45.9 Å². The van der Waals surface area contributed by atoms with Crippen LogP contribution in [0.3, 0.4) is 0 Å². The fourth-order valence-electron chi connectivity index (χ4n) is 3.25. The van der Waals surface area contributed by atoms with E-state index < -0.39 is 10.0 Å². The van der Waals surface area contributed by atoms with E-state index in [1.54, 1.807) is 6.92 Å². The van der Waals surface area contributed by atoms with E-state index in [4.69, 9.17) is 0 Å². The topological polar surface area (TPSA) is 125 Å². The van der Waals surface area contributed by atoms with Crippen molar-refractivity contribution in [2.45, 2.75) is 42.7 Å². The molecule has 166 valence electrons. The zero-order chi connectivity index (χ0) is 22.6. The molecule has 0 radical (unpaired) electrons. The summed E-state index contributed by atoms with van der Waals surface area (Å²) in [4.78, 5) is 33.3. The summed E-state index contributed by atoms with van der Waals surface area (Å²) in [5.74, 6) is 0.277. The molecule has 1 fully saturated rings. The fourth-order valence-corrected chi connectivity index (χ4v) is 4.77. The van der Waals surface area contributed by atoms with E-state index in [1.807, 2.05) is 18.2 Å². The average Bonchev–Trinajstić information content (AvgIpc) is 3.11. The number of rotatable bonds is 7. The minimum Gasteiger partial charge on any atom is -0.362 e. The molecule has 2 heterocycles. The SMILES string of the molecule is CSc1nc(C)c(CCC(=O)Nc2ccc(S(=O)(=O)/N=C3/CCCN3C)cc2)c(=O)[nH]1. The number of amidine groups is 1. The number of sulfonamides is 1. The van der Waals surface area contributed by atoms with Gasteiger partial charge in [-0.3, -0.25) is 9.59 Å². The molecule has 1 aromatic carbocycles. The molecule has 1 aliphatic heterocycles. The number of amides is 1. The largest absolute Gasteiger partial charge is 0.362 e. The number of aromatic amines is 1. The number of nitrogens with zero attached hydrogens (tertiary/aromatic N) is 3. The quantitative estimate of drug-likeness (QED) is 0.476. The minimum absolute atomic E-state index is 0.0698. The molecular weight excluding hydrogens is 438 g/mol. The van der Waals surface area contributed by atoms with Gasteiger partial charge in [0.25, 0.3) is 15.6 Å². The molecule has 2 N–H and O–H groups in total. The standard InChI is InChI=1S/C20H25N5O4S2/c1-13-16(19(27)23-20(21-13)30-3)10-11-18(26)22-14-6-8-15(9-7-14)31(28,29)24-17-5-4-12-25(17)2/h6-9H,4-5,10-12H2,1-3H3,(H,22,26)(H,21,23,27)/b24-17-. The first-order valence-corrected chi connectivity index (χ1v) is 12.4. The molecule has 0 atom stereocenters. The molecule has 31 heavy (non-hydrogen) atoms. The summed E-state index contributed by atoms with van der Waals surface area (Å²) in [6.45, 7) is 2.54. The summed E-state index contributed by atoms with van der Waals surface area (Å²) in [5.41, 5.74) is 1.31. The van der Waals surface area contributed by atoms with Crippen molar-refractivity contribution in [3.63, 3.8) is 0 Å². The van der Waals surface area contributed by atoms with Crippen molar-refractivity contribution in [2.24, 2.45) is 4.40 Å². The monoisotopic (exact) mass is 463 g/mol. The molecule has 11 heteroatoms. The van der Waals surface area contributed by atoms with Crippen LogP contribution < -0.4 is 10.9 Å². The zero-order valence-corrected chi connectivity index (χ0v) is 19.3. The third-order valence-electron chi connectivity index (χ3n) is 4.99. The molecule has 1 amide bonds. The van der Waals surface area contributed by atoms with Gasteiger partial charge in [0.15, 0.2) is 5.16 Å². The Morgan fingerprint density at radius 2 is 2.03 bits per heavy atom. The minimum atomic E-state index is -3.80. The van der Waals surface area contributed by atoms with Crippen molar-refractivity contribution in [1.29, 1.82) is 0 Å². The molecule has 1 saturated heterocycles. The Kier molecular flexibility index (Phi) is 7.16. The Bertz CT molecular complexity index is 1160. The first kappa shape index (κ1) is 23.0. The summed E-state index contributed by atoms with van der Waals surface area (Å²) in [5, 5.41) is 3.26. The van der Waals surface area contributed by atoms with E-state index in [0.29, 0.717) is 34.4 Å². The summed E-state index contributed by atoms with van der Waals surface area (Å²) >= 11 is 1.34. The molecule has 0 aliphatic carbocycles. The molecule has 3 rings (SSSR count). The van der Waals surface area contributed by atoms with Gasteiger partial charge in [0.1, 0.15) is 5.84 Å². The van der Waals surface area contributed by atoms with E-state index in [2.05, 4.69) is 19.7 Å². The Hall–Kier alpha value is -2.66. The molecule has 1 aliphatic rings. The third kappa shape index (κ3) is 5.73. The highest BCUT2D eigenvalue weighted by Gasteiger charge is 2.20. The van der Waals surface area contributed by atoms with Crippen LogP contribution in [0.4, 0.5) is 5.69 Å². The Morgan fingerprint density at radius 1 is 1.32 bits per heavy atom. The summed E-state index contributed by atoms with van der Waals surface area (Å²) in [6.07, 6.45) is 3.71. The second-order valence-corrected chi connectivity index (χ2v) is 9.62. The van der Waals surface area contributed by atoms with Crippen molar-refractivity contribution in [1.82, 2.24) is 14.9 Å². The van der Waals surface area contributed by atoms with Gasteiger partial charge < -0.3 is 15.2 Å². The molecule has 0 bridgehead atoms. The lowest BCUT2D eigenvalue weighted by Crippen LogP contribution is -2.20. The van der Waals surface area contributed by atoms with Crippen LogP contribution in [0.25, 0.3) is 0 Å². The number of aromatic nitrogens is 2. The third-order valence-corrected chi connectivity index (χ3v) is 6.89. The predicted molar refractivity (Wildman–Crippen MR) is 121 cm³/mol. The second kappa shape index (κ2) is 9.65. The number of carbonyl (C=O) groups is 1. The Morgan fingerprint density at radius 3 is 2.61 bits per heavy atom. The van der Waals surface area contributed by atoms with Gasteiger partial charge in [-0.05, 0) is 50.3 Å². The van der Waals surface area contributed by atoms with E-state index in [0.717, 1.165) is 13.0 Å². The van der Waals surface area contributed by atoms with Crippen LogP contribution in [-0.4, -0.2) is 54.9 Å². The van der Waals surface area contributed by atoms with Gasteiger partial charge in [0.05, 0.1) is 4.90 Å². The van der Waals surface area contributed by atoms with Crippen LogP contribution in [0, 0.1) is 6.92 Å². The lowest BCUT2D eigenvalue weighted by molar-refractivity contribution is -0.116. The average molecular weight is 464 g/mol. The molecule has 9 nitrogen and oxygen atoms in total. The van der Waals surface area contributed by atoms with Gasteiger partial charge >= 0.3 is 0 Å². The predicted octanol–water partition coefficient (Wildman–Crippen LogP) is 2.18. The summed E-state index contributed by atoms with van der Waals surface area (Å²) in [6, 6.07) is 5.89. The highest BCUT2D eigenvalue weighted by Crippen LogP contribution is 2.19. The van der Waals surface area contributed by atoms with Crippen molar-refractivity contribution in [2.75, 3.05) is 25.2 Å². The number of H-pyrrole nitrogens is 1. The van der Waals surface area contributed by atoms with Gasteiger partial charge in [-0.15, -0.1) is 4.40 Å². The number of likely N-dealkylation sites (tertiary alicyclic amines) is 1. The highest BCUT2D eigenvalue weighted by molar-refractivity contribution is 7.98. The van der Waals surface area contributed by atoms with Crippen LogP contribution in [-0.2, 0) is 21.2 Å². The van der Waals surface area contributed by atoms with Crippen LogP contribution in [0.1, 0.15) is 30.5 Å². The van der Waals surface area contributed by atoms with E-state index in [-0.39, 0.29) is 29.2 Å². The van der Waals surface area contributed by atoms with Crippen LogP contribution >= 0.6 is 11.8 Å². The molecule has 0 spiro atoms. The number of carbonyl (C=O) groups excluding carboxylic acids is 1. The number of thioether (sulfide) groups is 1. The van der Waals surface area contributed by atoms with Crippen LogP contribution in [0.15, 0.2) is 43.5 Å². The number of hydrogen-bond acceptors (Lipinski definition) is 6. The maximum absolute atomic E-state index is 12.5. The highest BCUT2D eigenvalue weighted by atomic mass is 32.2. The smallest absolute Gasteiger partial charge is 0.283 e. The Balaban J connectivity index is 1.62. The van der Waals surface area contributed by atoms with Gasteiger partial charge in [-0.1, -0.05) is 11.8 Å². The van der Waals surface area contributed by atoms with E-state index in [9.17, 15) is 18.0 Å². The first-order chi connectivity index (χ1) is 14.7. The van der Waals surface area contributed by atoms with Gasteiger partial charge in [-0.2, -0.15) is 8.42 Å². The molecule has 1 aromatic heterocycles. The number of nitrogens with one attached hydrogen (secondary N) is 2. The number of benzene rings is 1. The molecule has 0 saturated carbocycles. The Labute approximate surface area is 185 Å². The van der Waals surface area contributed by atoms with Crippen LogP contribution in [0.5, 0.6) is 0 Å².